The molecule has 6 nitrogen and oxygen atoms in total. The quantitative estimate of drug-likeness (QED) is 0.845. The van der Waals surface area contributed by atoms with E-state index in [1.54, 1.807) is 23.5 Å². The van der Waals surface area contributed by atoms with E-state index in [1.165, 1.54) is 6.07 Å². The van der Waals surface area contributed by atoms with E-state index >= 15 is 0 Å². The van der Waals surface area contributed by atoms with Crippen molar-refractivity contribution in [3.05, 3.63) is 40.0 Å². The van der Waals surface area contributed by atoms with Crippen molar-refractivity contribution in [2.75, 3.05) is 18.6 Å². The van der Waals surface area contributed by atoms with Crippen LogP contribution in [0.25, 0.3) is 0 Å². The van der Waals surface area contributed by atoms with Crippen molar-refractivity contribution in [3.63, 3.8) is 0 Å². The fourth-order valence-corrected chi connectivity index (χ4v) is 2.80. The molecular weight excluding hydrogens is 302 g/mol. The third-order valence-electron chi connectivity index (χ3n) is 3.08. The molecule has 0 aliphatic heterocycles. The molecule has 118 valence electrons. The molecule has 1 unspecified atom stereocenters. The Labute approximate surface area is 133 Å². The minimum Gasteiger partial charge on any atom is -0.477 e. The van der Waals surface area contributed by atoms with E-state index in [2.05, 4.69) is 9.97 Å². The van der Waals surface area contributed by atoms with E-state index in [0.29, 0.717) is 19.0 Å². The second-order valence-corrected chi connectivity index (χ2v) is 5.71. The molecule has 7 heteroatoms. The molecule has 0 fully saturated rings. The average Bonchev–Trinajstić information content (AvgIpc) is 2.96. The maximum Gasteiger partial charge on any atom is 0.354 e. The molecule has 0 aliphatic carbocycles. The summed E-state index contributed by atoms with van der Waals surface area (Å²) in [5.74, 6) is -0.427. The summed E-state index contributed by atoms with van der Waals surface area (Å²) in [5, 5.41) is 11.9. The topological polar surface area (TPSA) is 75.5 Å². The smallest absolute Gasteiger partial charge is 0.354 e. The van der Waals surface area contributed by atoms with Gasteiger partial charge < -0.3 is 14.7 Å². The van der Waals surface area contributed by atoms with Gasteiger partial charge in [0, 0.05) is 19.0 Å². The first-order chi connectivity index (χ1) is 10.5. The number of hydrogen-bond donors (Lipinski definition) is 1. The van der Waals surface area contributed by atoms with Gasteiger partial charge in [-0.2, -0.15) is 0 Å². The molecule has 0 saturated heterocycles. The monoisotopic (exact) mass is 321 g/mol. The summed E-state index contributed by atoms with van der Waals surface area (Å²) in [4.78, 5) is 21.5. The molecule has 2 aromatic heterocycles. The third-order valence-corrected chi connectivity index (χ3v) is 4.13. The molecule has 22 heavy (non-hydrogen) atoms. The molecule has 1 N–H and O–H groups in total. The number of aromatic carboxylic acids is 1. The Balaban J connectivity index is 2.07. The van der Waals surface area contributed by atoms with Gasteiger partial charge >= 0.3 is 5.97 Å². The van der Waals surface area contributed by atoms with Crippen molar-refractivity contribution < 1.29 is 14.6 Å². The van der Waals surface area contributed by atoms with Gasteiger partial charge in [-0.15, -0.1) is 11.3 Å². The summed E-state index contributed by atoms with van der Waals surface area (Å²) in [6.45, 7) is 5.15. The van der Waals surface area contributed by atoms with E-state index in [0.717, 1.165) is 10.7 Å². The van der Waals surface area contributed by atoms with Crippen molar-refractivity contribution >= 4 is 23.1 Å². The number of carboxylic acids is 1. The summed E-state index contributed by atoms with van der Waals surface area (Å²) >= 11 is 1.57. The van der Waals surface area contributed by atoms with E-state index in [-0.39, 0.29) is 11.8 Å². The molecule has 0 radical (unpaired) electrons. The first-order valence-corrected chi connectivity index (χ1v) is 7.86. The summed E-state index contributed by atoms with van der Waals surface area (Å²) < 4.78 is 5.53. The maximum absolute atomic E-state index is 11.0. The lowest BCUT2D eigenvalue weighted by Crippen LogP contribution is -2.19. The van der Waals surface area contributed by atoms with Gasteiger partial charge in [-0.1, -0.05) is 6.07 Å². The standard InChI is InChI=1S/C15H19N3O3S/c1-4-21-10(2)14-16-11(9-22-14)8-18(3)13-7-5-6-12(17-13)15(19)20/h5-7,9-10H,4,8H2,1-3H3,(H,19,20). The highest BCUT2D eigenvalue weighted by atomic mass is 32.1. The number of carbonyl (C=O) groups is 1. The first-order valence-electron chi connectivity index (χ1n) is 6.98. The minimum absolute atomic E-state index is 0.0116. The van der Waals surface area contributed by atoms with E-state index < -0.39 is 5.97 Å². The van der Waals surface area contributed by atoms with Gasteiger partial charge in [-0.3, -0.25) is 0 Å². The van der Waals surface area contributed by atoms with Gasteiger partial charge in [0.25, 0.3) is 0 Å². The van der Waals surface area contributed by atoms with Crippen LogP contribution in [0, 0.1) is 0 Å². The van der Waals surface area contributed by atoms with Gasteiger partial charge in [0.2, 0.25) is 0 Å². The molecular formula is C15H19N3O3S. The number of ether oxygens (including phenoxy) is 1. The van der Waals surface area contributed by atoms with Gasteiger partial charge in [0.05, 0.1) is 12.2 Å². The Bertz CT molecular complexity index is 644. The van der Waals surface area contributed by atoms with Crippen LogP contribution in [0.1, 0.15) is 41.1 Å². The molecule has 1 atom stereocenters. The molecule has 0 spiro atoms. The SMILES string of the molecule is CCOC(C)c1nc(CN(C)c2cccc(C(=O)O)n2)cs1. The zero-order valence-corrected chi connectivity index (χ0v) is 13.6. The lowest BCUT2D eigenvalue weighted by Gasteiger charge is -2.17. The maximum atomic E-state index is 11.0. The second-order valence-electron chi connectivity index (χ2n) is 4.82. The van der Waals surface area contributed by atoms with Crippen LogP contribution in [0.5, 0.6) is 0 Å². The lowest BCUT2D eigenvalue weighted by atomic mass is 10.3. The minimum atomic E-state index is -1.03. The van der Waals surface area contributed by atoms with Gasteiger partial charge in [-0.25, -0.2) is 14.8 Å². The van der Waals surface area contributed by atoms with Gasteiger partial charge in [0.15, 0.2) is 5.69 Å². The van der Waals surface area contributed by atoms with Crippen LogP contribution in [0.4, 0.5) is 5.82 Å². The fraction of sp³-hybridized carbons (Fsp3) is 0.400. The van der Waals surface area contributed by atoms with Gasteiger partial charge in [-0.05, 0) is 26.0 Å². The Hall–Kier alpha value is -1.99. The number of pyridine rings is 1. The highest BCUT2D eigenvalue weighted by Gasteiger charge is 2.13. The summed E-state index contributed by atoms with van der Waals surface area (Å²) in [5.41, 5.74) is 0.949. The van der Waals surface area contributed by atoms with Crippen LogP contribution < -0.4 is 4.90 Å². The van der Waals surface area contributed by atoms with Crippen LogP contribution in [0.2, 0.25) is 0 Å². The Kier molecular flexibility index (Phi) is 5.46. The van der Waals surface area contributed by atoms with Crippen molar-refractivity contribution in [1.29, 1.82) is 0 Å². The molecule has 0 aromatic carbocycles. The molecule has 0 saturated carbocycles. The second kappa shape index (κ2) is 7.33. The van der Waals surface area contributed by atoms with Crippen molar-refractivity contribution in [2.24, 2.45) is 0 Å². The number of hydrogen-bond acceptors (Lipinski definition) is 6. The summed E-state index contributed by atoms with van der Waals surface area (Å²) in [6, 6.07) is 4.94. The van der Waals surface area contributed by atoms with Crippen LogP contribution in [0.15, 0.2) is 23.6 Å². The Morgan fingerprint density at radius 1 is 1.45 bits per heavy atom. The lowest BCUT2D eigenvalue weighted by molar-refractivity contribution is 0.0690. The molecule has 2 aromatic rings. The molecule has 2 heterocycles. The van der Waals surface area contributed by atoms with Crippen molar-refractivity contribution in [2.45, 2.75) is 26.5 Å². The normalized spacial score (nSPS) is 12.1. The largest absolute Gasteiger partial charge is 0.477 e. The summed E-state index contributed by atoms with van der Waals surface area (Å²) in [6.07, 6.45) is -0.0116. The van der Waals surface area contributed by atoms with Gasteiger partial charge in [0.1, 0.15) is 16.9 Å². The number of carboxylic acid groups (broad SMARTS) is 1. The van der Waals surface area contributed by atoms with Crippen LogP contribution >= 0.6 is 11.3 Å². The van der Waals surface area contributed by atoms with E-state index in [1.807, 2.05) is 31.2 Å². The number of nitrogens with zero attached hydrogens (tertiary/aromatic N) is 3. The predicted octanol–water partition coefficient (Wildman–Crippen LogP) is 2.97. The Morgan fingerprint density at radius 2 is 2.23 bits per heavy atom. The van der Waals surface area contributed by atoms with Crippen molar-refractivity contribution in [3.8, 4) is 0 Å². The number of rotatable bonds is 7. The highest BCUT2D eigenvalue weighted by Crippen LogP contribution is 2.22. The molecule has 0 aliphatic rings. The first kappa shape index (κ1) is 16.4. The molecule has 0 bridgehead atoms. The zero-order valence-electron chi connectivity index (χ0n) is 12.8. The summed E-state index contributed by atoms with van der Waals surface area (Å²) in [7, 11) is 1.86. The van der Waals surface area contributed by atoms with Crippen LogP contribution in [-0.4, -0.2) is 34.7 Å². The van der Waals surface area contributed by atoms with Crippen LogP contribution in [-0.2, 0) is 11.3 Å². The number of thiazole rings is 1. The van der Waals surface area contributed by atoms with Crippen molar-refractivity contribution in [1.82, 2.24) is 9.97 Å². The molecule has 0 amide bonds. The third kappa shape index (κ3) is 4.02. The van der Waals surface area contributed by atoms with E-state index in [4.69, 9.17) is 9.84 Å². The number of aromatic nitrogens is 2. The molecule has 2 rings (SSSR count). The van der Waals surface area contributed by atoms with E-state index in [9.17, 15) is 4.79 Å². The average molecular weight is 321 g/mol. The zero-order chi connectivity index (χ0) is 16.1. The predicted molar refractivity (Wildman–Crippen MR) is 85.5 cm³/mol. The van der Waals surface area contributed by atoms with Crippen LogP contribution in [0.3, 0.4) is 0 Å². The fourth-order valence-electron chi connectivity index (χ4n) is 1.98. The highest BCUT2D eigenvalue weighted by molar-refractivity contribution is 7.09. The number of anilines is 1. The Morgan fingerprint density at radius 3 is 2.91 bits per heavy atom.